The van der Waals surface area contributed by atoms with Crippen LogP contribution in [-0.2, 0) is 15.9 Å². The smallest absolute Gasteiger partial charge is 0.190 e. The van der Waals surface area contributed by atoms with Crippen LogP contribution in [0.15, 0.2) is 35.3 Å². The maximum atomic E-state index is 5.43. The number of rotatable bonds is 12. The number of unbranched alkanes of at least 4 members (excludes halogenated alkanes) is 1. The van der Waals surface area contributed by atoms with E-state index in [2.05, 4.69) is 46.0 Å². The summed E-state index contributed by atoms with van der Waals surface area (Å²) < 4.78 is 10.4. The van der Waals surface area contributed by atoms with Gasteiger partial charge in [0.1, 0.15) is 0 Å². The van der Waals surface area contributed by atoms with E-state index in [0.29, 0.717) is 13.2 Å². The van der Waals surface area contributed by atoms with Gasteiger partial charge in [-0.15, -0.1) is 24.0 Å². The normalized spacial score (nSPS) is 11.0. The van der Waals surface area contributed by atoms with E-state index in [9.17, 15) is 0 Å². The monoisotopic (exact) mass is 449 g/mol. The summed E-state index contributed by atoms with van der Waals surface area (Å²) in [6.07, 6.45) is 4.29. The van der Waals surface area contributed by atoms with E-state index < -0.39 is 0 Å². The maximum absolute atomic E-state index is 5.43. The van der Waals surface area contributed by atoms with Crippen molar-refractivity contribution in [2.45, 2.75) is 25.7 Å². The Morgan fingerprint density at radius 1 is 0.958 bits per heavy atom. The zero-order chi connectivity index (χ0) is 16.6. The molecule has 1 rings (SSSR count). The number of aryl methyl sites for hydroxylation is 1. The molecule has 6 heteroatoms. The summed E-state index contributed by atoms with van der Waals surface area (Å²) in [5.41, 5.74) is 1.38. The quantitative estimate of drug-likeness (QED) is 0.223. The standard InChI is InChI=1S/C18H31N3O2.HI/c1-19-18(20-12-6-7-14-23-16-15-22-2)21-13-8-11-17-9-4-3-5-10-17;/h3-5,9-10H,6-8,11-16H2,1-2H3,(H2,19,20,21);1H. The lowest BCUT2D eigenvalue weighted by atomic mass is 10.1. The summed E-state index contributed by atoms with van der Waals surface area (Å²) in [4.78, 5) is 4.24. The number of halogens is 1. The van der Waals surface area contributed by atoms with Gasteiger partial charge in [-0.2, -0.15) is 0 Å². The van der Waals surface area contributed by atoms with Crippen LogP contribution in [0.5, 0.6) is 0 Å². The van der Waals surface area contributed by atoms with Crippen LogP contribution >= 0.6 is 24.0 Å². The topological polar surface area (TPSA) is 54.9 Å². The van der Waals surface area contributed by atoms with Gasteiger partial charge in [-0.05, 0) is 31.2 Å². The molecule has 24 heavy (non-hydrogen) atoms. The van der Waals surface area contributed by atoms with Gasteiger partial charge in [-0.1, -0.05) is 30.3 Å². The molecule has 0 bridgehead atoms. The highest BCUT2D eigenvalue weighted by atomic mass is 127. The Hall–Kier alpha value is -0.860. The van der Waals surface area contributed by atoms with Crippen LogP contribution < -0.4 is 10.6 Å². The first-order chi connectivity index (χ1) is 11.4. The zero-order valence-corrected chi connectivity index (χ0v) is 17.3. The fourth-order valence-electron chi connectivity index (χ4n) is 2.14. The fraction of sp³-hybridized carbons (Fsp3) is 0.611. The maximum Gasteiger partial charge on any atom is 0.190 e. The molecule has 0 heterocycles. The minimum atomic E-state index is 0. The van der Waals surface area contributed by atoms with Gasteiger partial charge in [0.15, 0.2) is 5.96 Å². The van der Waals surface area contributed by atoms with Crippen molar-refractivity contribution < 1.29 is 9.47 Å². The molecule has 0 aliphatic rings. The van der Waals surface area contributed by atoms with Crippen LogP contribution in [0.2, 0.25) is 0 Å². The van der Waals surface area contributed by atoms with Crippen LogP contribution in [0.25, 0.3) is 0 Å². The van der Waals surface area contributed by atoms with Gasteiger partial charge in [-0.25, -0.2) is 0 Å². The Bertz CT molecular complexity index is 416. The third kappa shape index (κ3) is 12.5. The molecule has 0 aliphatic carbocycles. The summed E-state index contributed by atoms with van der Waals surface area (Å²) in [5.74, 6) is 0.873. The van der Waals surface area contributed by atoms with Gasteiger partial charge in [0.05, 0.1) is 13.2 Å². The number of benzene rings is 1. The number of hydrogen-bond donors (Lipinski definition) is 2. The zero-order valence-electron chi connectivity index (χ0n) is 14.9. The van der Waals surface area contributed by atoms with Crippen molar-refractivity contribution in [1.29, 1.82) is 0 Å². The van der Waals surface area contributed by atoms with Gasteiger partial charge in [0.2, 0.25) is 0 Å². The predicted molar refractivity (Wildman–Crippen MR) is 111 cm³/mol. The van der Waals surface area contributed by atoms with Crippen LogP contribution in [0.3, 0.4) is 0 Å². The fourth-order valence-corrected chi connectivity index (χ4v) is 2.14. The molecule has 0 aliphatic heterocycles. The number of ether oxygens (including phenoxy) is 2. The number of guanidine groups is 1. The number of nitrogens with one attached hydrogen (secondary N) is 2. The van der Waals surface area contributed by atoms with E-state index in [0.717, 1.165) is 51.3 Å². The largest absolute Gasteiger partial charge is 0.382 e. The highest BCUT2D eigenvalue weighted by Gasteiger charge is 1.97. The van der Waals surface area contributed by atoms with Crippen molar-refractivity contribution in [1.82, 2.24) is 10.6 Å². The van der Waals surface area contributed by atoms with Crippen LogP contribution in [0.4, 0.5) is 0 Å². The van der Waals surface area contributed by atoms with Gasteiger partial charge in [-0.3, -0.25) is 4.99 Å². The van der Waals surface area contributed by atoms with Crippen molar-refractivity contribution in [3.8, 4) is 0 Å². The summed E-state index contributed by atoms with van der Waals surface area (Å²) in [6.45, 7) is 3.96. The molecule has 0 unspecified atom stereocenters. The number of nitrogens with zero attached hydrogens (tertiary/aromatic N) is 1. The van der Waals surface area contributed by atoms with Crippen molar-refractivity contribution in [3.63, 3.8) is 0 Å². The highest BCUT2D eigenvalue weighted by molar-refractivity contribution is 14.0. The van der Waals surface area contributed by atoms with Crippen LogP contribution in [-0.4, -0.2) is 53.0 Å². The first-order valence-electron chi connectivity index (χ1n) is 8.42. The second-order valence-corrected chi connectivity index (χ2v) is 5.33. The molecule has 0 saturated carbocycles. The summed E-state index contributed by atoms with van der Waals surface area (Å²) in [5, 5.41) is 6.68. The molecule has 138 valence electrons. The van der Waals surface area contributed by atoms with Crippen molar-refractivity contribution in [3.05, 3.63) is 35.9 Å². The number of aliphatic imine (C=N–C) groups is 1. The third-order valence-corrected chi connectivity index (χ3v) is 3.44. The van der Waals surface area contributed by atoms with E-state index in [4.69, 9.17) is 9.47 Å². The molecule has 5 nitrogen and oxygen atoms in total. The average Bonchev–Trinajstić information content (AvgIpc) is 2.60. The molecule has 0 atom stereocenters. The van der Waals surface area contributed by atoms with Crippen LogP contribution in [0.1, 0.15) is 24.8 Å². The van der Waals surface area contributed by atoms with Crippen molar-refractivity contribution in [2.24, 2.45) is 4.99 Å². The van der Waals surface area contributed by atoms with Gasteiger partial charge in [0, 0.05) is 33.9 Å². The van der Waals surface area contributed by atoms with E-state index in [-0.39, 0.29) is 24.0 Å². The van der Waals surface area contributed by atoms with Gasteiger partial charge in [0.25, 0.3) is 0 Å². The van der Waals surface area contributed by atoms with Gasteiger partial charge < -0.3 is 20.1 Å². The van der Waals surface area contributed by atoms with Crippen LogP contribution in [0, 0.1) is 0 Å². The Balaban J connectivity index is 0.00000529. The second kappa shape index (κ2) is 17.0. The SMILES string of the molecule is CN=C(NCCCCOCCOC)NCCCc1ccccc1.I. The molecular weight excluding hydrogens is 417 g/mol. The second-order valence-electron chi connectivity index (χ2n) is 5.33. The molecule has 0 amide bonds. The first-order valence-corrected chi connectivity index (χ1v) is 8.42. The van der Waals surface area contributed by atoms with Crippen molar-refractivity contribution >= 4 is 29.9 Å². The van der Waals surface area contributed by atoms with E-state index in [1.165, 1.54) is 5.56 Å². The Morgan fingerprint density at radius 2 is 1.67 bits per heavy atom. The Morgan fingerprint density at radius 3 is 2.33 bits per heavy atom. The summed E-state index contributed by atoms with van der Waals surface area (Å²) >= 11 is 0. The van der Waals surface area contributed by atoms with Crippen molar-refractivity contribution in [2.75, 3.05) is 47.1 Å². The van der Waals surface area contributed by atoms with E-state index >= 15 is 0 Å². The molecule has 1 aromatic carbocycles. The predicted octanol–water partition coefficient (Wildman–Crippen LogP) is 2.85. The highest BCUT2D eigenvalue weighted by Crippen LogP contribution is 2.01. The lowest BCUT2D eigenvalue weighted by molar-refractivity contribution is 0.0689. The Labute approximate surface area is 163 Å². The molecule has 0 fully saturated rings. The molecule has 1 aromatic rings. The Kier molecular flexibility index (Phi) is 16.4. The molecular formula is C18H32IN3O2. The third-order valence-electron chi connectivity index (χ3n) is 3.44. The molecule has 0 aromatic heterocycles. The number of hydrogen-bond acceptors (Lipinski definition) is 3. The van der Waals surface area contributed by atoms with E-state index in [1.807, 2.05) is 0 Å². The molecule has 0 saturated heterocycles. The van der Waals surface area contributed by atoms with Gasteiger partial charge >= 0.3 is 0 Å². The molecule has 0 spiro atoms. The van der Waals surface area contributed by atoms with E-state index in [1.54, 1.807) is 14.2 Å². The molecule has 2 N–H and O–H groups in total. The summed E-state index contributed by atoms with van der Waals surface area (Å²) in [7, 11) is 3.49. The summed E-state index contributed by atoms with van der Waals surface area (Å²) in [6, 6.07) is 10.6. The first kappa shape index (κ1) is 23.1. The minimum Gasteiger partial charge on any atom is -0.382 e. The molecule has 0 radical (unpaired) electrons. The number of methoxy groups -OCH3 is 1. The average molecular weight is 449 g/mol. The minimum absolute atomic E-state index is 0. The lowest BCUT2D eigenvalue weighted by Gasteiger charge is -2.12. The lowest BCUT2D eigenvalue weighted by Crippen LogP contribution is -2.38.